The van der Waals surface area contributed by atoms with Gasteiger partial charge in [-0.3, -0.25) is 4.79 Å². The zero-order valence-corrected chi connectivity index (χ0v) is 12.9. The first kappa shape index (κ1) is 18.7. The summed E-state index contributed by atoms with van der Waals surface area (Å²) in [7, 11) is 0. The van der Waals surface area contributed by atoms with Crippen molar-refractivity contribution in [1.29, 1.82) is 0 Å². The van der Waals surface area contributed by atoms with Gasteiger partial charge in [-0.05, 0) is 38.5 Å². The second kappa shape index (κ2) is 15.7. The van der Waals surface area contributed by atoms with E-state index in [0.29, 0.717) is 6.42 Å². The summed E-state index contributed by atoms with van der Waals surface area (Å²) >= 11 is 0. The third kappa shape index (κ3) is 16.7. The van der Waals surface area contributed by atoms with Crippen LogP contribution in [0.25, 0.3) is 0 Å². The Balaban J connectivity index is 3.22. The van der Waals surface area contributed by atoms with Gasteiger partial charge in [-0.25, -0.2) is 0 Å². The largest absolute Gasteiger partial charge is 0.481 e. The molecule has 0 aromatic rings. The van der Waals surface area contributed by atoms with Gasteiger partial charge >= 0.3 is 5.97 Å². The van der Waals surface area contributed by atoms with Crippen molar-refractivity contribution in [2.75, 3.05) is 0 Å². The molecule has 0 spiro atoms. The van der Waals surface area contributed by atoms with Crippen molar-refractivity contribution in [2.24, 2.45) is 0 Å². The van der Waals surface area contributed by atoms with Gasteiger partial charge in [0.1, 0.15) is 0 Å². The van der Waals surface area contributed by atoms with Crippen molar-refractivity contribution >= 4 is 5.97 Å². The Morgan fingerprint density at radius 2 is 1.40 bits per heavy atom. The van der Waals surface area contributed by atoms with E-state index < -0.39 is 5.97 Å². The first-order valence-corrected chi connectivity index (χ1v) is 7.95. The quantitative estimate of drug-likeness (QED) is 0.268. The van der Waals surface area contributed by atoms with Crippen LogP contribution < -0.4 is 0 Å². The highest BCUT2D eigenvalue weighted by Gasteiger charge is 1.95. The monoisotopic (exact) mass is 278 g/mol. The average molecular weight is 278 g/mol. The van der Waals surface area contributed by atoms with Gasteiger partial charge in [-0.15, -0.1) is 0 Å². The summed E-state index contributed by atoms with van der Waals surface area (Å²) in [5, 5.41) is 8.50. The number of allylic oxidation sites excluding steroid dienone is 6. The van der Waals surface area contributed by atoms with Crippen LogP contribution in [0.4, 0.5) is 0 Å². The number of carboxylic acids is 1. The zero-order chi connectivity index (χ0) is 14.9. The van der Waals surface area contributed by atoms with Gasteiger partial charge in [0.2, 0.25) is 0 Å². The van der Waals surface area contributed by atoms with Gasteiger partial charge < -0.3 is 5.11 Å². The second-order valence-electron chi connectivity index (χ2n) is 5.01. The molecule has 1 N–H and O–H groups in total. The molecule has 0 aromatic carbocycles. The molecule has 0 heterocycles. The Morgan fingerprint density at radius 3 is 2.15 bits per heavy atom. The summed E-state index contributed by atoms with van der Waals surface area (Å²) in [5.41, 5.74) is 0. The fourth-order valence-corrected chi connectivity index (χ4v) is 1.89. The number of carbonyl (C=O) groups is 1. The van der Waals surface area contributed by atoms with Crippen LogP contribution in [-0.4, -0.2) is 11.1 Å². The molecule has 0 bridgehead atoms. The van der Waals surface area contributed by atoms with Crippen LogP contribution in [0.1, 0.15) is 71.1 Å². The highest BCUT2D eigenvalue weighted by molar-refractivity contribution is 5.66. The molecule has 0 aromatic heterocycles. The lowest BCUT2D eigenvalue weighted by Gasteiger charge is -1.98. The minimum atomic E-state index is -0.674. The molecule has 0 saturated carbocycles. The van der Waals surface area contributed by atoms with Crippen molar-refractivity contribution in [3.63, 3.8) is 0 Å². The fraction of sp³-hybridized carbons (Fsp3) is 0.611. The Kier molecular flexibility index (Phi) is 14.7. The van der Waals surface area contributed by atoms with E-state index in [1.807, 2.05) is 0 Å². The van der Waals surface area contributed by atoms with Crippen molar-refractivity contribution in [3.05, 3.63) is 36.5 Å². The van der Waals surface area contributed by atoms with Gasteiger partial charge in [0.05, 0.1) is 0 Å². The first-order valence-electron chi connectivity index (χ1n) is 7.95. The standard InChI is InChI=1S/C18H30O2/c1-2-3-4-5-6-7-8-9-10-11-12-13-14-15-16-17-18(19)20/h3-6,9-10H,2,7-8,11-17H2,1H3,(H,19,20)/b4-3-,6-5+,10-9-. The van der Waals surface area contributed by atoms with E-state index in [0.717, 1.165) is 44.9 Å². The third-order valence-corrected chi connectivity index (χ3v) is 3.05. The average Bonchev–Trinajstić information content (AvgIpc) is 2.43. The molecule has 2 heteroatoms. The van der Waals surface area contributed by atoms with Crippen LogP contribution in [0.2, 0.25) is 0 Å². The van der Waals surface area contributed by atoms with Crippen LogP contribution in [-0.2, 0) is 4.79 Å². The van der Waals surface area contributed by atoms with E-state index in [1.54, 1.807) is 0 Å². The maximum Gasteiger partial charge on any atom is 0.303 e. The van der Waals surface area contributed by atoms with Crippen LogP contribution >= 0.6 is 0 Å². The summed E-state index contributed by atoms with van der Waals surface area (Å²) < 4.78 is 0. The Morgan fingerprint density at radius 1 is 0.800 bits per heavy atom. The number of unbranched alkanes of at least 4 members (excludes halogenated alkanes) is 6. The smallest absolute Gasteiger partial charge is 0.303 e. The summed E-state index contributed by atoms with van der Waals surface area (Å²) in [6.07, 6.45) is 23.4. The minimum absolute atomic E-state index is 0.320. The molecule has 0 aliphatic carbocycles. The van der Waals surface area contributed by atoms with Gasteiger partial charge in [0, 0.05) is 6.42 Å². The molecule has 2 nitrogen and oxygen atoms in total. The lowest BCUT2D eigenvalue weighted by Crippen LogP contribution is -1.93. The molecule has 0 aliphatic rings. The van der Waals surface area contributed by atoms with Gasteiger partial charge in [-0.2, -0.15) is 0 Å². The lowest BCUT2D eigenvalue weighted by atomic mass is 10.1. The van der Waals surface area contributed by atoms with E-state index >= 15 is 0 Å². The molecule has 114 valence electrons. The maximum atomic E-state index is 10.3. The maximum absolute atomic E-state index is 10.3. The van der Waals surface area contributed by atoms with Gasteiger partial charge in [0.25, 0.3) is 0 Å². The number of carboxylic acid groups (broad SMARTS) is 1. The predicted molar refractivity (Wildman–Crippen MR) is 86.9 cm³/mol. The minimum Gasteiger partial charge on any atom is -0.481 e. The molecule has 20 heavy (non-hydrogen) atoms. The molecule has 0 atom stereocenters. The van der Waals surface area contributed by atoms with E-state index in [2.05, 4.69) is 43.4 Å². The summed E-state index contributed by atoms with van der Waals surface area (Å²) in [4.78, 5) is 10.3. The summed E-state index contributed by atoms with van der Waals surface area (Å²) in [6.45, 7) is 2.14. The molecule has 0 aliphatic heterocycles. The Bertz CT molecular complexity index is 301. The lowest BCUT2D eigenvalue weighted by molar-refractivity contribution is -0.137. The van der Waals surface area contributed by atoms with Crippen molar-refractivity contribution in [2.45, 2.75) is 71.1 Å². The Hall–Kier alpha value is -1.31. The van der Waals surface area contributed by atoms with E-state index in [-0.39, 0.29) is 0 Å². The van der Waals surface area contributed by atoms with Crippen LogP contribution in [0.5, 0.6) is 0 Å². The molecule has 0 radical (unpaired) electrons. The van der Waals surface area contributed by atoms with Crippen molar-refractivity contribution in [3.8, 4) is 0 Å². The van der Waals surface area contributed by atoms with Crippen LogP contribution in [0.3, 0.4) is 0 Å². The highest BCUT2D eigenvalue weighted by Crippen LogP contribution is 2.08. The normalized spacial score (nSPS) is 12.1. The third-order valence-electron chi connectivity index (χ3n) is 3.05. The van der Waals surface area contributed by atoms with E-state index in [4.69, 9.17) is 5.11 Å². The van der Waals surface area contributed by atoms with E-state index in [9.17, 15) is 4.79 Å². The molecule has 0 amide bonds. The first-order chi connectivity index (χ1) is 9.77. The predicted octanol–water partition coefficient (Wildman–Crippen LogP) is 5.66. The van der Waals surface area contributed by atoms with Gasteiger partial charge in [0.15, 0.2) is 0 Å². The summed E-state index contributed by atoms with van der Waals surface area (Å²) in [5.74, 6) is -0.674. The van der Waals surface area contributed by atoms with Gasteiger partial charge in [-0.1, -0.05) is 62.6 Å². The number of hydrogen-bond donors (Lipinski definition) is 1. The topological polar surface area (TPSA) is 37.3 Å². The molecular formula is C18H30O2. The second-order valence-corrected chi connectivity index (χ2v) is 5.01. The zero-order valence-electron chi connectivity index (χ0n) is 12.9. The van der Waals surface area contributed by atoms with Crippen molar-refractivity contribution in [1.82, 2.24) is 0 Å². The molecular weight excluding hydrogens is 248 g/mol. The summed E-state index contributed by atoms with van der Waals surface area (Å²) in [6, 6.07) is 0. The highest BCUT2D eigenvalue weighted by atomic mass is 16.4. The molecule has 0 unspecified atom stereocenters. The van der Waals surface area contributed by atoms with Crippen LogP contribution in [0, 0.1) is 0 Å². The number of rotatable bonds is 13. The van der Waals surface area contributed by atoms with Crippen LogP contribution in [0.15, 0.2) is 36.5 Å². The van der Waals surface area contributed by atoms with Crippen molar-refractivity contribution < 1.29 is 9.90 Å². The SMILES string of the molecule is CC/C=C\C=C\CC/C=C\CCCCCCCC(=O)O. The Labute approximate surface area is 124 Å². The number of aliphatic carboxylic acids is 1. The van der Waals surface area contributed by atoms with E-state index in [1.165, 1.54) is 12.8 Å². The number of hydrogen-bond acceptors (Lipinski definition) is 1. The fourth-order valence-electron chi connectivity index (χ4n) is 1.89. The molecule has 0 saturated heterocycles. The molecule has 0 rings (SSSR count). The molecule has 0 fully saturated rings.